The Hall–Kier alpha value is -0.610. The summed E-state index contributed by atoms with van der Waals surface area (Å²) in [5.74, 6) is 0.0504. The molecule has 2 rings (SSSR count). The van der Waals surface area contributed by atoms with Crippen molar-refractivity contribution >= 4 is 5.91 Å². The van der Waals surface area contributed by atoms with Crippen LogP contribution in [0.25, 0.3) is 0 Å². The summed E-state index contributed by atoms with van der Waals surface area (Å²) in [5.41, 5.74) is 5.62. The first kappa shape index (κ1) is 8.97. The molecule has 0 spiro atoms. The molecule has 0 aromatic rings. The largest absolute Gasteiger partial charge is 0.368 e. The van der Waals surface area contributed by atoms with Gasteiger partial charge in [-0.2, -0.15) is 0 Å². The molecule has 2 aliphatic rings. The van der Waals surface area contributed by atoms with E-state index in [4.69, 9.17) is 10.5 Å². The van der Waals surface area contributed by atoms with Crippen molar-refractivity contribution in [1.29, 1.82) is 0 Å². The number of ether oxygens (including phenoxy) is 1. The molecule has 1 saturated carbocycles. The van der Waals surface area contributed by atoms with Gasteiger partial charge in [-0.1, -0.05) is 0 Å². The average molecular weight is 184 g/mol. The topological polar surface area (TPSA) is 64.3 Å². The Morgan fingerprint density at radius 3 is 2.77 bits per heavy atom. The Balaban J connectivity index is 1.72. The van der Waals surface area contributed by atoms with E-state index in [2.05, 4.69) is 5.32 Å². The van der Waals surface area contributed by atoms with Gasteiger partial charge in [-0.25, -0.2) is 0 Å². The van der Waals surface area contributed by atoms with Crippen LogP contribution in [-0.4, -0.2) is 30.7 Å². The number of carbonyl (C=O) groups is 1. The Morgan fingerprint density at radius 2 is 2.23 bits per heavy atom. The van der Waals surface area contributed by atoms with E-state index in [-0.39, 0.29) is 18.1 Å². The highest BCUT2D eigenvalue weighted by molar-refractivity contribution is 5.81. The number of hydrogen-bond donors (Lipinski definition) is 2. The Labute approximate surface area is 77.8 Å². The minimum absolute atomic E-state index is 0.0504. The zero-order chi connectivity index (χ0) is 9.26. The first-order chi connectivity index (χ1) is 6.25. The van der Waals surface area contributed by atoms with E-state index in [0.29, 0.717) is 6.04 Å². The summed E-state index contributed by atoms with van der Waals surface area (Å²) in [6, 6.07) is 0.585. The second-order valence-corrected chi connectivity index (χ2v) is 3.94. The molecular formula is C9H16N2O2. The molecule has 1 atom stereocenters. The van der Waals surface area contributed by atoms with Crippen molar-refractivity contribution in [2.45, 2.75) is 43.9 Å². The summed E-state index contributed by atoms with van der Waals surface area (Å²) < 4.78 is 5.27. The van der Waals surface area contributed by atoms with Crippen molar-refractivity contribution in [3.63, 3.8) is 0 Å². The van der Waals surface area contributed by atoms with Gasteiger partial charge >= 0.3 is 0 Å². The van der Waals surface area contributed by atoms with Crippen LogP contribution in [0.1, 0.15) is 25.7 Å². The highest BCUT2D eigenvalue weighted by Gasteiger charge is 2.31. The molecule has 1 saturated heterocycles. The molecule has 0 bridgehead atoms. The third kappa shape index (κ3) is 2.00. The van der Waals surface area contributed by atoms with E-state index < -0.39 is 0 Å². The molecule has 3 N–H and O–H groups in total. The van der Waals surface area contributed by atoms with Crippen LogP contribution in [0.4, 0.5) is 0 Å². The van der Waals surface area contributed by atoms with Gasteiger partial charge in [-0.15, -0.1) is 0 Å². The van der Waals surface area contributed by atoms with E-state index in [0.717, 1.165) is 32.3 Å². The van der Waals surface area contributed by atoms with Crippen LogP contribution in [-0.2, 0) is 9.53 Å². The quantitative estimate of drug-likeness (QED) is 0.623. The lowest BCUT2D eigenvalue weighted by molar-refractivity contribution is -0.131. The predicted molar refractivity (Wildman–Crippen MR) is 48.1 cm³/mol. The first-order valence-electron chi connectivity index (χ1n) is 4.93. The van der Waals surface area contributed by atoms with Crippen LogP contribution in [0.2, 0.25) is 0 Å². The van der Waals surface area contributed by atoms with E-state index in [1.165, 1.54) is 0 Å². The number of hydrogen-bond acceptors (Lipinski definition) is 3. The first-order valence-corrected chi connectivity index (χ1v) is 4.93. The van der Waals surface area contributed by atoms with Gasteiger partial charge in [0, 0.05) is 18.7 Å². The summed E-state index contributed by atoms with van der Waals surface area (Å²) in [4.78, 5) is 11.5. The molecule has 0 unspecified atom stereocenters. The fraction of sp³-hybridized carbons (Fsp3) is 0.889. The fourth-order valence-corrected chi connectivity index (χ4v) is 1.86. The van der Waals surface area contributed by atoms with Gasteiger partial charge in [0.15, 0.2) is 0 Å². The summed E-state index contributed by atoms with van der Waals surface area (Å²) in [5, 5.41) is 2.94. The van der Waals surface area contributed by atoms with Crippen molar-refractivity contribution in [3.8, 4) is 0 Å². The summed E-state index contributed by atoms with van der Waals surface area (Å²) >= 11 is 0. The van der Waals surface area contributed by atoms with Gasteiger partial charge in [-0.05, 0) is 25.7 Å². The molecule has 1 amide bonds. The van der Waals surface area contributed by atoms with Gasteiger partial charge in [0.1, 0.15) is 6.10 Å². The van der Waals surface area contributed by atoms with Crippen LogP contribution < -0.4 is 11.1 Å². The molecule has 1 aliphatic carbocycles. The smallest absolute Gasteiger partial charge is 0.249 e. The van der Waals surface area contributed by atoms with Crippen LogP contribution >= 0.6 is 0 Å². The predicted octanol–water partition coefficient (Wildman–Crippen LogP) is -0.229. The van der Waals surface area contributed by atoms with Gasteiger partial charge in [0.05, 0.1) is 0 Å². The van der Waals surface area contributed by atoms with Crippen LogP contribution in [0.15, 0.2) is 0 Å². The lowest BCUT2D eigenvalue weighted by Gasteiger charge is -2.33. The molecule has 13 heavy (non-hydrogen) atoms. The zero-order valence-electron chi connectivity index (χ0n) is 7.66. The minimum Gasteiger partial charge on any atom is -0.368 e. The molecular weight excluding hydrogens is 168 g/mol. The van der Waals surface area contributed by atoms with Crippen LogP contribution in [0.3, 0.4) is 0 Å². The van der Waals surface area contributed by atoms with E-state index in [9.17, 15) is 4.79 Å². The van der Waals surface area contributed by atoms with Crippen molar-refractivity contribution in [2.75, 3.05) is 6.61 Å². The van der Waals surface area contributed by atoms with E-state index >= 15 is 0 Å². The second-order valence-electron chi connectivity index (χ2n) is 3.94. The zero-order valence-corrected chi connectivity index (χ0v) is 7.66. The number of nitrogens with one attached hydrogen (secondary N) is 1. The molecule has 1 heterocycles. The maximum absolute atomic E-state index is 11.5. The number of amides is 1. The summed E-state index contributed by atoms with van der Waals surface area (Å²) in [6.07, 6.45) is 3.50. The molecule has 4 heteroatoms. The standard InChI is InChI=1S/C9H16N2O2/c10-6-4-7(5-6)11-9(12)8-2-1-3-13-8/h6-8H,1-5,10H2,(H,11,12)/t6?,7?,8-/m1/s1. The average Bonchev–Trinajstić information content (AvgIpc) is 2.53. The number of nitrogens with two attached hydrogens (primary N) is 1. The highest BCUT2D eigenvalue weighted by atomic mass is 16.5. The third-order valence-corrected chi connectivity index (χ3v) is 2.74. The van der Waals surface area contributed by atoms with Gasteiger partial charge in [0.25, 0.3) is 0 Å². The number of carbonyl (C=O) groups excluding carboxylic acids is 1. The van der Waals surface area contributed by atoms with E-state index in [1.54, 1.807) is 0 Å². The Bertz CT molecular complexity index is 196. The summed E-state index contributed by atoms with van der Waals surface area (Å²) in [7, 11) is 0. The molecule has 0 aromatic carbocycles. The van der Waals surface area contributed by atoms with Crippen molar-refractivity contribution in [2.24, 2.45) is 5.73 Å². The minimum atomic E-state index is -0.197. The van der Waals surface area contributed by atoms with E-state index in [1.807, 2.05) is 0 Å². The third-order valence-electron chi connectivity index (χ3n) is 2.74. The van der Waals surface area contributed by atoms with Crippen molar-refractivity contribution in [3.05, 3.63) is 0 Å². The van der Waals surface area contributed by atoms with Crippen molar-refractivity contribution < 1.29 is 9.53 Å². The monoisotopic (exact) mass is 184 g/mol. The SMILES string of the molecule is NC1CC(NC(=O)[C@H]2CCCO2)C1. The molecule has 1 aliphatic heterocycles. The summed E-state index contributed by atoms with van der Waals surface area (Å²) in [6.45, 7) is 0.724. The molecule has 0 aromatic heterocycles. The maximum atomic E-state index is 11.5. The Morgan fingerprint density at radius 1 is 1.46 bits per heavy atom. The van der Waals surface area contributed by atoms with Crippen LogP contribution in [0, 0.1) is 0 Å². The lowest BCUT2D eigenvalue weighted by Crippen LogP contribution is -2.52. The fourth-order valence-electron chi connectivity index (χ4n) is 1.86. The Kier molecular flexibility index (Phi) is 2.51. The second kappa shape index (κ2) is 3.64. The van der Waals surface area contributed by atoms with Crippen LogP contribution in [0.5, 0.6) is 0 Å². The van der Waals surface area contributed by atoms with Gasteiger partial charge < -0.3 is 15.8 Å². The maximum Gasteiger partial charge on any atom is 0.249 e. The molecule has 2 fully saturated rings. The highest BCUT2D eigenvalue weighted by Crippen LogP contribution is 2.19. The van der Waals surface area contributed by atoms with Crippen molar-refractivity contribution in [1.82, 2.24) is 5.32 Å². The van der Waals surface area contributed by atoms with Gasteiger partial charge in [-0.3, -0.25) is 4.79 Å². The molecule has 4 nitrogen and oxygen atoms in total. The molecule has 0 radical (unpaired) electrons. The lowest BCUT2D eigenvalue weighted by atomic mass is 9.87. The normalized spacial score (nSPS) is 38.4. The molecule has 74 valence electrons. The number of rotatable bonds is 2. The van der Waals surface area contributed by atoms with Gasteiger partial charge in [0.2, 0.25) is 5.91 Å².